The maximum atomic E-state index is 12.7. The summed E-state index contributed by atoms with van der Waals surface area (Å²) in [6.45, 7) is 2.13. The number of carbonyl (C=O) groups is 2. The Kier molecular flexibility index (Phi) is 4.53. The largest absolute Gasteiger partial charge is 0.452 e. The molecule has 0 spiro atoms. The fourth-order valence-electron chi connectivity index (χ4n) is 5.55. The summed E-state index contributed by atoms with van der Waals surface area (Å²) in [5.41, 5.74) is 1.04. The lowest BCUT2D eigenvalue weighted by atomic mass is 9.52. The van der Waals surface area contributed by atoms with Crippen LogP contribution in [0, 0.1) is 29.6 Å². The van der Waals surface area contributed by atoms with Crippen molar-refractivity contribution in [1.82, 2.24) is 5.32 Å². The first-order valence-electron chi connectivity index (χ1n) is 9.62. The number of benzene rings is 1. The number of carbonyl (C=O) groups excluding carboxylic acids is 2. The standard InChI is InChI=1S/C21H27NO3/c1-13(20(23)22-12-14-5-3-2-4-6-14)25-21(24)19-17-8-15-7-16(10-17)11-18(19)9-15/h2-6,13,15-19H,7-12H2,1H3,(H,22,23)/t13-,15?,16?,17?,18?,19?/m1/s1. The van der Waals surface area contributed by atoms with Gasteiger partial charge in [0.2, 0.25) is 0 Å². The van der Waals surface area contributed by atoms with E-state index in [0.717, 1.165) is 17.4 Å². The summed E-state index contributed by atoms with van der Waals surface area (Å²) in [7, 11) is 0. The molecule has 1 atom stereocenters. The molecule has 4 heteroatoms. The lowest BCUT2D eigenvalue weighted by Crippen LogP contribution is -2.49. The van der Waals surface area contributed by atoms with E-state index in [1.54, 1.807) is 6.92 Å². The highest BCUT2D eigenvalue weighted by Crippen LogP contribution is 2.56. The topological polar surface area (TPSA) is 55.4 Å². The maximum absolute atomic E-state index is 12.7. The van der Waals surface area contributed by atoms with E-state index in [9.17, 15) is 9.59 Å². The molecule has 4 saturated carbocycles. The Morgan fingerprint density at radius 3 is 2.24 bits per heavy atom. The second-order valence-corrected chi connectivity index (χ2v) is 8.24. The zero-order chi connectivity index (χ0) is 17.4. The summed E-state index contributed by atoms with van der Waals surface area (Å²) in [5.74, 6) is 2.30. The molecule has 4 bridgehead atoms. The van der Waals surface area contributed by atoms with E-state index in [4.69, 9.17) is 4.74 Å². The lowest BCUT2D eigenvalue weighted by Gasteiger charge is -2.53. The number of hydrogen-bond acceptors (Lipinski definition) is 3. The van der Waals surface area contributed by atoms with Crippen molar-refractivity contribution in [3.8, 4) is 0 Å². The van der Waals surface area contributed by atoms with Crippen molar-refractivity contribution in [2.45, 2.75) is 51.7 Å². The molecule has 5 rings (SSSR count). The monoisotopic (exact) mass is 341 g/mol. The molecule has 0 heterocycles. The third-order valence-electron chi connectivity index (χ3n) is 6.47. The van der Waals surface area contributed by atoms with Gasteiger partial charge >= 0.3 is 5.97 Å². The minimum Gasteiger partial charge on any atom is -0.452 e. The van der Waals surface area contributed by atoms with E-state index < -0.39 is 6.10 Å². The van der Waals surface area contributed by atoms with Crippen LogP contribution in [0.15, 0.2) is 30.3 Å². The van der Waals surface area contributed by atoms with Crippen LogP contribution in [0.25, 0.3) is 0 Å². The van der Waals surface area contributed by atoms with Gasteiger partial charge in [0.15, 0.2) is 6.10 Å². The predicted molar refractivity (Wildman–Crippen MR) is 94.4 cm³/mol. The highest BCUT2D eigenvalue weighted by Gasteiger charge is 2.51. The van der Waals surface area contributed by atoms with Crippen molar-refractivity contribution in [2.24, 2.45) is 29.6 Å². The Labute approximate surface area is 149 Å². The highest BCUT2D eigenvalue weighted by molar-refractivity contribution is 5.84. The molecule has 0 radical (unpaired) electrons. The quantitative estimate of drug-likeness (QED) is 0.836. The van der Waals surface area contributed by atoms with Crippen LogP contribution >= 0.6 is 0 Å². The molecule has 0 unspecified atom stereocenters. The van der Waals surface area contributed by atoms with Gasteiger partial charge in [-0.25, -0.2) is 0 Å². The molecule has 0 aromatic heterocycles. The molecule has 0 aliphatic heterocycles. The Balaban J connectivity index is 1.30. The van der Waals surface area contributed by atoms with Gasteiger partial charge in [-0.2, -0.15) is 0 Å². The number of nitrogens with one attached hydrogen (secondary N) is 1. The predicted octanol–water partition coefficient (Wildman–Crippen LogP) is 3.31. The number of esters is 1. The van der Waals surface area contributed by atoms with Gasteiger partial charge in [-0.15, -0.1) is 0 Å². The van der Waals surface area contributed by atoms with Crippen LogP contribution in [0.1, 0.15) is 44.6 Å². The van der Waals surface area contributed by atoms with Crippen LogP contribution in [0.5, 0.6) is 0 Å². The van der Waals surface area contributed by atoms with Crippen LogP contribution in [0.2, 0.25) is 0 Å². The maximum Gasteiger partial charge on any atom is 0.310 e. The fourth-order valence-corrected chi connectivity index (χ4v) is 5.55. The van der Waals surface area contributed by atoms with Gasteiger partial charge < -0.3 is 10.1 Å². The summed E-state index contributed by atoms with van der Waals surface area (Å²) in [6, 6.07) is 9.76. The average molecular weight is 341 g/mol. The first-order chi connectivity index (χ1) is 12.1. The van der Waals surface area contributed by atoms with Gasteiger partial charge in [0.1, 0.15) is 0 Å². The zero-order valence-corrected chi connectivity index (χ0v) is 14.8. The van der Waals surface area contributed by atoms with Crippen molar-refractivity contribution in [3.05, 3.63) is 35.9 Å². The highest BCUT2D eigenvalue weighted by atomic mass is 16.5. The Bertz CT molecular complexity index is 614. The van der Waals surface area contributed by atoms with Gasteiger partial charge in [-0.3, -0.25) is 9.59 Å². The Morgan fingerprint density at radius 2 is 1.64 bits per heavy atom. The third-order valence-corrected chi connectivity index (χ3v) is 6.47. The van der Waals surface area contributed by atoms with Crippen LogP contribution < -0.4 is 5.32 Å². The number of ether oxygens (including phenoxy) is 1. The van der Waals surface area contributed by atoms with Crippen molar-refractivity contribution in [3.63, 3.8) is 0 Å². The molecule has 4 aliphatic carbocycles. The number of amides is 1. The molecule has 1 aromatic carbocycles. The number of hydrogen-bond donors (Lipinski definition) is 1. The van der Waals surface area contributed by atoms with E-state index >= 15 is 0 Å². The molecule has 4 fully saturated rings. The van der Waals surface area contributed by atoms with Crippen LogP contribution in [-0.2, 0) is 20.9 Å². The van der Waals surface area contributed by atoms with E-state index in [2.05, 4.69) is 5.32 Å². The van der Waals surface area contributed by atoms with Gasteiger partial charge in [-0.1, -0.05) is 30.3 Å². The first kappa shape index (κ1) is 16.6. The molecule has 4 aliphatic rings. The third kappa shape index (κ3) is 3.44. The molecular formula is C21H27NO3. The zero-order valence-electron chi connectivity index (χ0n) is 14.8. The molecule has 25 heavy (non-hydrogen) atoms. The van der Waals surface area contributed by atoms with Crippen molar-refractivity contribution in [1.29, 1.82) is 0 Å². The van der Waals surface area contributed by atoms with E-state index in [-0.39, 0.29) is 17.8 Å². The molecule has 134 valence electrons. The molecule has 0 saturated heterocycles. The SMILES string of the molecule is C[C@@H](OC(=O)C1C2CC3CC(C2)CC1C3)C(=O)NCc1ccccc1. The van der Waals surface area contributed by atoms with E-state index in [0.29, 0.717) is 18.4 Å². The summed E-state index contributed by atoms with van der Waals surface area (Å²) in [4.78, 5) is 25.0. The summed E-state index contributed by atoms with van der Waals surface area (Å²) < 4.78 is 5.58. The first-order valence-corrected chi connectivity index (χ1v) is 9.62. The van der Waals surface area contributed by atoms with E-state index in [1.165, 1.54) is 32.1 Å². The summed E-state index contributed by atoms with van der Waals surface area (Å²) >= 11 is 0. The van der Waals surface area contributed by atoms with Crippen molar-refractivity contribution < 1.29 is 14.3 Å². The summed E-state index contributed by atoms with van der Waals surface area (Å²) in [5, 5.41) is 2.86. The summed E-state index contributed by atoms with van der Waals surface area (Å²) in [6.07, 6.45) is 5.37. The Morgan fingerprint density at radius 1 is 1.04 bits per heavy atom. The molecule has 4 nitrogen and oxygen atoms in total. The van der Waals surface area contributed by atoms with Crippen molar-refractivity contribution in [2.75, 3.05) is 0 Å². The molecule has 1 aromatic rings. The van der Waals surface area contributed by atoms with Crippen LogP contribution in [-0.4, -0.2) is 18.0 Å². The molecule has 1 amide bonds. The van der Waals surface area contributed by atoms with Gasteiger partial charge in [0.05, 0.1) is 5.92 Å². The van der Waals surface area contributed by atoms with Crippen LogP contribution in [0.3, 0.4) is 0 Å². The van der Waals surface area contributed by atoms with Crippen LogP contribution in [0.4, 0.5) is 0 Å². The van der Waals surface area contributed by atoms with Crippen molar-refractivity contribution >= 4 is 11.9 Å². The minimum absolute atomic E-state index is 0.0252. The van der Waals surface area contributed by atoms with Gasteiger partial charge in [-0.05, 0) is 68.3 Å². The Hall–Kier alpha value is -1.84. The fraction of sp³-hybridized carbons (Fsp3) is 0.619. The van der Waals surface area contributed by atoms with E-state index in [1.807, 2.05) is 30.3 Å². The molecule has 1 N–H and O–H groups in total. The van der Waals surface area contributed by atoms with Gasteiger partial charge in [0, 0.05) is 6.54 Å². The lowest BCUT2D eigenvalue weighted by molar-refractivity contribution is -0.170. The number of rotatable bonds is 5. The second kappa shape index (κ2) is 6.81. The average Bonchev–Trinajstić information content (AvgIpc) is 2.59. The van der Waals surface area contributed by atoms with Gasteiger partial charge in [0.25, 0.3) is 5.91 Å². The second-order valence-electron chi connectivity index (χ2n) is 8.24. The normalized spacial score (nSPS) is 33.7. The molecular weight excluding hydrogens is 314 g/mol. The minimum atomic E-state index is -0.728. The smallest absolute Gasteiger partial charge is 0.310 e.